The fraction of sp³-hybridized carbons (Fsp3) is 0.500. The number of piperidine rings is 1. The number of likely N-dealkylation sites (tertiary alicyclic amines) is 1. The highest BCUT2D eigenvalue weighted by atomic mass is 19.1. The molecule has 3 heteroatoms. The van der Waals surface area contributed by atoms with E-state index in [1.54, 1.807) is 12.1 Å². The van der Waals surface area contributed by atoms with Crippen molar-refractivity contribution in [3.05, 3.63) is 46.9 Å². The Hall–Kier alpha value is -1.64. The van der Waals surface area contributed by atoms with Crippen molar-refractivity contribution in [1.82, 2.24) is 4.90 Å². The number of ketones is 1. The summed E-state index contributed by atoms with van der Waals surface area (Å²) in [5.41, 5.74) is 2.84. The van der Waals surface area contributed by atoms with Gasteiger partial charge in [-0.15, -0.1) is 0 Å². The molecule has 0 N–H and O–H groups in total. The van der Waals surface area contributed by atoms with Gasteiger partial charge in [0.25, 0.3) is 0 Å². The number of benzene rings is 1. The monoisotopic (exact) mass is 287 g/mol. The number of rotatable bonds is 3. The van der Waals surface area contributed by atoms with Gasteiger partial charge >= 0.3 is 0 Å². The van der Waals surface area contributed by atoms with Gasteiger partial charge in [0.15, 0.2) is 5.78 Å². The minimum absolute atomic E-state index is 0.0928. The molecule has 112 valence electrons. The largest absolute Gasteiger partial charge is 0.374 e. The summed E-state index contributed by atoms with van der Waals surface area (Å²) >= 11 is 0. The van der Waals surface area contributed by atoms with Crippen LogP contribution in [0.25, 0.3) is 0 Å². The van der Waals surface area contributed by atoms with Crippen molar-refractivity contribution in [3.8, 4) is 0 Å². The van der Waals surface area contributed by atoms with E-state index in [9.17, 15) is 9.18 Å². The molecule has 2 aliphatic rings. The average Bonchev–Trinajstić information content (AvgIpc) is 2.56. The SMILES string of the molecule is O=C(C1=C(N2CCCCC2)CCCC1)c1ccc(F)cc1. The fourth-order valence-electron chi connectivity index (χ4n) is 3.42. The molecule has 1 saturated heterocycles. The van der Waals surface area contributed by atoms with E-state index >= 15 is 0 Å². The third-order valence-corrected chi connectivity index (χ3v) is 4.56. The van der Waals surface area contributed by atoms with Crippen molar-refractivity contribution in [3.63, 3.8) is 0 Å². The lowest BCUT2D eigenvalue weighted by Gasteiger charge is -2.34. The Labute approximate surface area is 125 Å². The molecule has 1 aromatic carbocycles. The Morgan fingerprint density at radius 1 is 0.905 bits per heavy atom. The van der Waals surface area contributed by atoms with E-state index in [2.05, 4.69) is 4.90 Å². The third kappa shape index (κ3) is 3.17. The van der Waals surface area contributed by atoms with Crippen LogP contribution in [0, 0.1) is 5.82 Å². The Balaban J connectivity index is 1.89. The summed E-state index contributed by atoms with van der Waals surface area (Å²) in [4.78, 5) is 15.2. The van der Waals surface area contributed by atoms with Gasteiger partial charge in [-0.1, -0.05) is 0 Å². The van der Waals surface area contributed by atoms with Crippen LogP contribution in [0.15, 0.2) is 35.5 Å². The quantitative estimate of drug-likeness (QED) is 0.772. The van der Waals surface area contributed by atoms with Crippen molar-refractivity contribution in [1.29, 1.82) is 0 Å². The minimum Gasteiger partial charge on any atom is -0.374 e. The summed E-state index contributed by atoms with van der Waals surface area (Å²) in [5, 5.41) is 0. The normalized spacial score (nSPS) is 19.8. The van der Waals surface area contributed by atoms with Crippen LogP contribution in [-0.4, -0.2) is 23.8 Å². The van der Waals surface area contributed by atoms with Gasteiger partial charge in [0, 0.05) is 29.9 Å². The van der Waals surface area contributed by atoms with Gasteiger partial charge in [-0.2, -0.15) is 0 Å². The molecule has 1 aliphatic heterocycles. The number of hydrogen-bond acceptors (Lipinski definition) is 2. The van der Waals surface area contributed by atoms with Crippen molar-refractivity contribution < 1.29 is 9.18 Å². The molecular weight excluding hydrogens is 265 g/mol. The molecule has 0 atom stereocenters. The van der Waals surface area contributed by atoms with Crippen LogP contribution in [0.4, 0.5) is 4.39 Å². The second-order valence-electron chi connectivity index (χ2n) is 6.02. The summed E-state index contributed by atoms with van der Waals surface area (Å²) in [6.07, 6.45) is 7.88. The second kappa shape index (κ2) is 6.42. The van der Waals surface area contributed by atoms with Crippen LogP contribution in [0.5, 0.6) is 0 Å². The van der Waals surface area contributed by atoms with Crippen LogP contribution in [-0.2, 0) is 0 Å². The lowest BCUT2D eigenvalue weighted by Crippen LogP contribution is -2.32. The number of nitrogens with zero attached hydrogens (tertiary/aromatic N) is 1. The maximum atomic E-state index is 13.0. The summed E-state index contributed by atoms with van der Waals surface area (Å²) in [6.45, 7) is 2.16. The maximum Gasteiger partial charge on any atom is 0.190 e. The number of carbonyl (C=O) groups is 1. The molecule has 0 saturated carbocycles. The van der Waals surface area contributed by atoms with Crippen molar-refractivity contribution in [2.75, 3.05) is 13.1 Å². The smallest absolute Gasteiger partial charge is 0.190 e. The van der Waals surface area contributed by atoms with Gasteiger partial charge in [0.1, 0.15) is 5.82 Å². The molecule has 21 heavy (non-hydrogen) atoms. The molecule has 1 aromatic rings. The number of Topliss-reactive ketones (excluding diaryl/α,β-unsaturated/α-hetero) is 1. The molecule has 1 heterocycles. The summed E-state index contributed by atoms with van der Waals surface area (Å²) in [6, 6.07) is 5.95. The lowest BCUT2D eigenvalue weighted by molar-refractivity contribution is 0.102. The van der Waals surface area contributed by atoms with Crippen molar-refractivity contribution in [2.45, 2.75) is 44.9 Å². The highest BCUT2D eigenvalue weighted by Gasteiger charge is 2.24. The molecule has 2 nitrogen and oxygen atoms in total. The minimum atomic E-state index is -0.291. The number of allylic oxidation sites excluding steroid dienone is 2. The van der Waals surface area contributed by atoms with Gasteiger partial charge in [0.05, 0.1) is 0 Å². The maximum absolute atomic E-state index is 13.0. The van der Waals surface area contributed by atoms with Gasteiger partial charge in [-0.3, -0.25) is 4.79 Å². The third-order valence-electron chi connectivity index (χ3n) is 4.56. The standard InChI is InChI=1S/C18H22FNO/c19-15-10-8-14(9-11-15)18(21)16-6-2-3-7-17(16)20-12-4-1-5-13-20/h8-11H,1-7,12-13H2. The molecule has 0 radical (unpaired) electrons. The number of carbonyl (C=O) groups excluding carboxylic acids is 1. The zero-order chi connectivity index (χ0) is 14.7. The van der Waals surface area contributed by atoms with Crippen LogP contribution < -0.4 is 0 Å². The lowest BCUT2D eigenvalue weighted by atomic mass is 9.89. The Morgan fingerprint density at radius 2 is 1.57 bits per heavy atom. The van der Waals surface area contributed by atoms with Crippen molar-refractivity contribution >= 4 is 5.78 Å². The first kappa shape index (κ1) is 14.3. The van der Waals surface area contributed by atoms with Crippen LogP contribution in [0.3, 0.4) is 0 Å². The zero-order valence-electron chi connectivity index (χ0n) is 12.4. The first-order valence-electron chi connectivity index (χ1n) is 8.03. The molecule has 1 fully saturated rings. The Morgan fingerprint density at radius 3 is 2.29 bits per heavy atom. The van der Waals surface area contributed by atoms with Crippen LogP contribution >= 0.6 is 0 Å². The molecule has 0 spiro atoms. The molecule has 0 aromatic heterocycles. The molecule has 0 unspecified atom stereocenters. The van der Waals surface area contributed by atoms with Gasteiger partial charge in [-0.25, -0.2) is 4.39 Å². The average molecular weight is 287 g/mol. The van der Waals surface area contributed by atoms with Gasteiger partial charge < -0.3 is 4.90 Å². The van der Waals surface area contributed by atoms with Crippen LogP contribution in [0.2, 0.25) is 0 Å². The van der Waals surface area contributed by atoms with E-state index in [1.807, 2.05) is 0 Å². The van der Waals surface area contributed by atoms with E-state index in [-0.39, 0.29) is 11.6 Å². The van der Waals surface area contributed by atoms with E-state index in [0.29, 0.717) is 5.56 Å². The number of hydrogen-bond donors (Lipinski definition) is 0. The highest BCUT2D eigenvalue weighted by molar-refractivity contribution is 6.09. The first-order chi connectivity index (χ1) is 10.3. The van der Waals surface area contributed by atoms with E-state index in [1.165, 1.54) is 43.5 Å². The Bertz CT molecular complexity index is 541. The second-order valence-corrected chi connectivity index (χ2v) is 6.02. The highest BCUT2D eigenvalue weighted by Crippen LogP contribution is 2.31. The first-order valence-corrected chi connectivity index (χ1v) is 8.03. The van der Waals surface area contributed by atoms with Crippen LogP contribution in [0.1, 0.15) is 55.3 Å². The zero-order valence-corrected chi connectivity index (χ0v) is 12.4. The summed E-state index contributed by atoms with van der Waals surface area (Å²) < 4.78 is 13.0. The van der Waals surface area contributed by atoms with Crippen molar-refractivity contribution in [2.24, 2.45) is 0 Å². The molecule has 0 bridgehead atoms. The Kier molecular flexibility index (Phi) is 4.37. The van der Waals surface area contributed by atoms with E-state index < -0.39 is 0 Å². The fourth-order valence-corrected chi connectivity index (χ4v) is 3.42. The number of halogens is 1. The predicted molar refractivity (Wildman–Crippen MR) is 81.6 cm³/mol. The summed E-state index contributed by atoms with van der Waals surface area (Å²) in [5.74, 6) is -0.198. The molecule has 3 rings (SSSR count). The molecule has 0 amide bonds. The summed E-state index contributed by atoms with van der Waals surface area (Å²) in [7, 11) is 0. The topological polar surface area (TPSA) is 20.3 Å². The van der Waals surface area contributed by atoms with Gasteiger partial charge in [0.2, 0.25) is 0 Å². The van der Waals surface area contributed by atoms with Gasteiger partial charge in [-0.05, 0) is 69.2 Å². The molecule has 1 aliphatic carbocycles. The molecular formula is C18H22FNO. The van der Waals surface area contributed by atoms with E-state index in [0.717, 1.165) is 37.9 Å². The van der Waals surface area contributed by atoms with E-state index in [4.69, 9.17) is 0 Å². The predicted octanol–water partition coefficient (Wildman–Crippen LogP) is 4.32.